The molecule has 6 aromatic rings. The van der Waals surface area contributed by atoms with E-state index in [1.54, 1.807) is 24.7 Å². The first kappa shape index (κ1) is 29.9. The molecule has 1 fully saturated rings. The maximum atomic E-state index is 14.8. The molecule has 9 nitrogen and oxygen atoms in total. The number of ether oxygens (including phenoxy) is 1. The number of aromatic nitrogens is 5. The number of unbranched alkanes of at least 4 members (excludes halogenated alkanes) is 1. The van der Waals surface area contributed by atoms with Gasteiger partial charge in [0.1, 0.15) is 30.1 Å². The minimum absolute atomic E-state index is 0.331. The van der Waals surface area contributed by atoms with Crippen LogP contribution in [0.5, 0.6) is 5.75 Å². The van der Waals surface area contributed by atoms with Crippen molar-refractivity contribution in [3.05, 3.63) is 79.0 Å². The third kappa shape index (κ3) is 6.45. The summed E-state index contributed by atoms with van der Waals surface area (Å²) in [6.07, 6.45) is 9.74. The van der Waals surface area contributed by atoms with Gasteiger partial charge < -0.3 is 20.1 Å². The Kier molecular flexibility index (Phi) is 8.63. The fourth-order valence-corrected chi connectivity index (χ4v) is 6.24. The smallest absolute Gasteiger partial charge is 0.155 e. The third-order valence-corrected chi connectivity index (χ3v) is 8.63. The topological polar surface area (TPSA) is 115 Å². The predicted octanol–water partition coefficient (Wildman–Crippen LogP) is 7.37. The first-order valence-corrected chi connectivity index (χ1v) is 16.1. The highest BCUT2D eigenvalue weighted by Crippen LogP contribution is 2.36. The van der Waals surface area contributed by atoms with Crippen LogP contribution >= 0.6 is 0 Å². The number of aliphatic hydroxyl groups excluding tert-OH is 1. The Morgan fingerprint density at radius 3 is 2.74 bits per heavy atom. The SMILES string of the molecule is CCCCC(O)Nc1cncc(-c2cnc3[nH]nc(-c4cc5c(-c6cc(F)cc(OCCN7CCCC7)c6)cccc5[nH]4)c3c2)c1. The monoisotopic (exact) mass is 619 g/mol. The van der Waals surface area contributed by atoms with Gasteiger partial charge in [-0.1, -0.05) is 25.5 Å². The van der Waals surface area contributed by atoms with E-state index in [1.807, 2.05) is 36.4 Å². The number of hydrogen-bond donors (Lipinski definition) is 4. The minimum atomic E-state index is -0.628. The number of benzene rings is 2. The molecule has 2 aromatic carbocycles. The first-order valence-electron chi connectivity index (χ1n) is 16.1. The normalized spacial score (nSPS) is 14.3. The number of aliphatic hydroxyl groups is 1. The summed E-state index contributed by atoms with van der Waals surface area (Å²) in [5, 5.41) is 22.9. The standard InChI is InChI=1S/C36H38FN7O2/c1-2-3-9-34(45)40-27-15-24(20-38-22-27)25-17-31-35(42-43-36(31)39-21-25)33-19-30-29(7-6-8-32(30)41-33)23-14-26(37)18-28(16-23)46-13-12-44-10-4-5-11-44/h6-8,14-22,34,40-41,45H,2-5,9-13H2,1H3,(H,39,42,43). The van der Waals surface area contributed by atoms with Gasteiger partial charge in [0.2, 0.25) is 0 Å². The van der Waals surface area contributed by atoms with Crippen LogP contribution in [-0.2, 0) is 0 Å². The largest absolute Gasteiger partial charge is 0.492 e. The van der Waals surface area contributed by atoms with Crippen LogP contribution < -0.4 is 10.1 Å². The van der Waals surface area contributed by atoms with Crippen molar-refractivity contribution in [3.8, 4) is 39.4 Å². The van der Waals surface area contributed by atoms with Gasteiger partial charge in [-0.15, -0.1) is 0 Å². The number of anilines is 1. The highest BCUT2D eigenvalue weighted by atomic mass is 19.1. The number of halogens is 1. The fourth-order valence-electron chi connectivity index (χ4n) is 6.24. The number of rotatable bonds is 12. The van der Waals surface area contributed by atoms with Crippen molar-refractivity contribution >= 4 is 27.6 Å². The quantitative estimate of drug-likeness (QED) is 0.106. The summed E-state index contributed by atoms with van der Waals surface area (Å²) in [5.74, 6) is 0.200. The van der Waals surface area contributed by atoms with Crippen LogP contribution in [0.2, 0.25) is 0 Å². The Morgan fingerprint density at radius 2 is 1.87 bits per heavy atom. The molecular formula is C36H38FN7O2. The zero-order valence-electron chi connectivity index (χ0n) is 25.9. The molecule has 7 rings (SSSR count). The highest BCUT2D eigenvalue weighted by molar-refractivity contribution is 6.01. The molecule has 4 N–H and O–H groups in total. The van der Waals surface area contributed by atoms with Crippen molar-refractivity contribution in [1.82, 2.24) is 30.0 Å². The van der Waals surface area contributed by atoms with E-state index in [-0.39, 0.29) is 5.82 Å². The van der Waals surface area contributed by atoms with Gasteiger partial charge in [-0.3, -0.25) is 15.0 Å². The molecule has 1 aliphatic heterocycles. The molecule has 0 bridgehead atoms. The summed E-state index contributed by atoms with van der Waals surface area (Å²) < 4.78 is 20.8. The van der Waals surface area contributed by atoms with E-state index in [0.29, 0.717) is 24.4 Å². The molecule has 0 amide bonds. The van der Waals surface area contributed by atoms with Gasteiger partial charge in [0.25, 0.3) is 0 Å². The number of nitrogens with zero attached hydrogens (tertiary/aromatic N) is 4. The van der Waals surface area contributed by atoms with Crippen LogP contribution in [0.4, 0.5) is 10.1 Å². The molecular weight excluding hydrogens is 581 g/mol. The Hall–Kier alpha value is -4.80. The molecule has 0 aliphatic carbocycles. The van der Waals surface area contributed by atoms with E-state index in [9.17, 15) is 9.50 Å². The zero-order valence-corrected chi connectivity index (χ0v) is 25.9. The van der Waals surface area contributed by atoms with Crippen LogP contribution in [0.15, 0.2) is 73.2 Å². The molecule has 0 saturated carbocycles. The average Bonchev–Trinajstić information content (AvgIpc) is 3.83. The van der Waals surface area contributed by atoms with Crippen molar-refractivity contribution in [2.24, 2.45) is 0 Å². The van der Waals surface area contributed by atoms with Gasteiger partial charge in [0.15, 0.2) is 5.65 Å². The summed E-state index contributed by atoms with van der Waals surface area (Å²) >= 11 is 0. The molecule has 46 heavy (non-hydrogen) atoms. The minimum Gasteiger partial charge on any atom is -0.492 e. The van der Waals surface area contributed by atoms with Crippen molar-refractivity contribution < 1.29 is 14.2 Å². The Morgan fingerprint density at radius 1 is 1.00 bits per heavy atom. The number of nitrogens with one attached hydrogen (secondary N) is 3. The molecule has 0 spiro atoms. The van der Waals surface area contributed by atoms with Crippen molar-refractivity contribution in [2.75, 3.05) is 31.6 Å². The molecule has 1 atom stereocenters. The molecule has 0 radical (unpaired) electrons. The van der Waals surface area contributed by atoms with Gasteiger partial charge in [-0.25, -0.2) is 9.37 Å². The predicted molar refractivity (Wildman–Crippen MR) is 180 cm³/mol. The molecule has 10 heteroatoms. The highest BCUT2D eigenvalue weighted by Gasteiger charge is 2.17. The lowest BCUT2D eigenvalue weighted by molar-refractivity contribution is 0.190. The lowest BCUT2D eigenvalue weighted by Gasteiger charge is -2.15. The maximum absolute atomic E-state index is 14.8. The van der Waals surface area contributed by atoms with Crippen LogP contribution in [0.1, 0.15) is 39.0 Å². The van der Waals surface area contributed by atoms with Crippen LogP contribution in [0.3, 0.4) is 0 Å². The number of likely N-dealkylation sites (tertiary alicyclic amines) is 1. The van der Waals surface area contributed by atoms with Gasteiger partial charge in [-0.2, -0.15) is 5.10 Å². The summed E-state index contributed by atoms with van der Waals surface area (Å²) in [5.41, 5.74) is 7.28. The van der Waals surface area contributed by atoms with Crippen LogP contribution in [0.25, 0.3) is 55.6 Å². The van der Waals surface area contributed by atoms with Gasteiger partial charge in [-0.05, 0) is 86.3 Å². The summed E-state index contributed by atoms with van der Waals surface area (Å²) in [6, 6.07) is 16.9. The summed E-state index contributed by atoms with van der Waals surface area (Å²) in [6.45, 7) is 5.68. The van der Waals surface area contributed by atoms with Crippen molar-refractivity contribution in [1.29, 1.82) is 0 Å². The van der Waals surface area contributed by atoms with Gasteiger partial charge >= 0.3 is 0 Å². The van der Waals surface area contributed by atoms with Crippen LogP contribution in [0, 0.1) is 5.82 Å². The third-order valence-electron chi connectivity index (χ3n) is 8.63. The first-order chi connectivity index (χ1) is 22.5. The molecule has 4 aromatic heterocycles. The van der Waals surface area contributed by atoms with Gasteiger partial charge in [0.05, 0.1) is 17.6 Å². The Labute approximate surface area is 266 Å². The number of fused-ring (bicyclic) bond motifs is 2. The molecule has 236 valence electrons. The second-order valence-corrected chi connectivity index (χ2v) is 12.0. The van der Waals surface area contributed by atoms with Crippen LogP contribution in [-0.4, -0.2) is 67.6 Å². The molecule has 1 unspecified atom stereocenters. The lowest BCUT2D eigenvalue weighted by atomic mass is 10.0. The average molecular weight is 620 g/mol. The second kappa shape index (κ2) is 13.3. The number of pyridine rings is 2. The zero-order chi connectivity index (χ0) is 31.5. The van der Waals surface area contributed by atoms with E-state index in [2.05, 4.69) is 48.4 Å². The maximum Gasteiger partial charge on any atom is 0.155 e. The molecule has 5 heterocycles. The summed E-state index contributed by atoms with van der Waals surface area (Å²) in [7, 11) is 0. The molecule has 1 aliphatic rings. The fraction of sp³-hybridized carbons (Fsp3) is 0.306. The van der Waals surface area contributed by atoms with Crippen molar-refractivity contribution in [3.63, 3.8) is 0 Å². The number of hydrogen-bond acceptors (Lipinski definition) is 7. The lowest BCUT2D eigenvalue weighted by Crippen LogP contribution is -2.25. The Bertz CT molecular complexity index is 1960. The Balaban J connectivity index is 1.17. The number of aromatic amines is 2. The number of H-pyrrole nitrogens is 2. The second-order valence-electron chi connectivity index (χ2n) is 12.0. The summed E-state index contributed by atoms with van der Waals surface area (Å²) in [4.78, 5) is 14.9. The van der Waals surface area contributed by atoms with E-state index < -0.39 is 6.23 Å². The van der Waals surface area contributed by atoms with Crippen molar-refractivity contribution in [2.45, 2.75) is 45.3 Å². The van der Waals surface area contributed by atoms with E-state index in [0.717, 1.165) is 88.1 Å². The van der Waals surface area contributed by atoms with E-state index >= 15 is 0 Å². The van der Waals surface area contributed by atoms with E-state index in [1.165, 1.54) is 18.9 Å². The van der Waals surface area contributed by atoms with E-state index in [4.69, 9.17) is 4.74 Å². The molecule has 1 saturated heterocycles. The van der Waals surface area contributed by atoms with Gasteiger partial charge in [0, 0.05) is 52.4 Å².